The summed E-state index contributed by atoms with van der Waals surface area (Å²) in [6.45, 7) is 2.68. The molecule has 0 aliphatic carbocycles. The van der Waals surface area contributed by atoms with Crippen molar-refractivity contribution in [2.75, 3.05) is 19.9 Å². The van der Waals surface area contributed by atoms with E-state index < -0.39 is 10.0 Å². The van der Waals surface area contributed by atoms with E-state index >= 15 is 0 Å². The monoisotopic (exact) mass is 322 g/mol. The van der Waals surface area contributed by atoms with E-state index in [4.69, 9.17) is 4.74 Å². The van der Waals surface area contributed by atoms with Gasteiger partial charge in [0.05, 0.1) is 13.4 Å². The number of sulfonamides is 1. The second-order valence-corrected chi connectivity index (χ2v) is 7.95. The Morgan fingerprint density at radius 2 is 2.18 bits per heavy atom. The first kappa shape index (κ1) is 15.4. The first-order valence-corrected chi connectivity index (χ1v) is 9.37. The van der Waals surface area contributed by atoms with Crippen LogP contribution in [0.1, 0.15) is 24.1 Å². The van der Waals surface area contributed by atoms with Crippen molar-refractivity contribution >= 4 is 20.9 Å². The number of H-pyrrole nitrogens is 1. The molecule has 6 heteroatoms. The van der Waals surface area contributed by atoms with E-state index in [0.29, 0.717) is 6.54 Å². The Labute approximate surface area is 131 Å². The number of benzene rings is 1. The lowest BCUT2D eigenvalue weighted by Gasteiger charge is -2.22. The van der Waals surface area contributed by atoms with Crippen LogP contribution in [0.5, 0.6) is 5.75 Å². The maximum atomic E-state index is 11.9. The average molecular weight is 322 g/mol. The Morgan fingerprint density at radius 1 is 1.41 bits per heavy atom. The molecule has 1 unspecified atom stereocenters. The van der Waals surface area contributed by atoms with Crippen molar-refractivity contribution in [2.24, 2.45) is 0 Å². The Bertz CT molecular complexity index is 795. The smallest absolute Gasteiger partial charge is 0.211 e. The van der Waals surface area contributed by atoms with Crippen molar-refractivity contribution in [2.45, 2.75) is 32.2 Å². The highest BCUT2D eigenvalue weighted by Gasteiger charge is 2.32. The van der Waals surface area contributed by atoms with E-state index in [1.807, 2.05) is 25.1 Å². The van der Waals surface area contributed by atoms with Crippen LogP contribution in [-0.2, 0) is 16.4 Å². The summed E-state index contributed by atoms with van der Waals surface area (Å²) in [5.74, 6) is 0.819. The molecule has 2 aromatic rings. The van der Waals surface area contributed by atoms with E-state index in [2.05, 4.69) is 4.98 Å². The fourth-order valence-electron chi connectivity index (χ4n) is 3.44. The van der Waals surface area contributed by atoms with Gasteiger partial charge in [0.15, 0.2) is 0 Å². The molecule has 0 saturated carbocycles. The van der Waals surface area contributed by atoms with Crippen LogP contribution in [0.25, 0.3) is 10.9 Å². The molecule has 0 amide bonds. The third-order valence-corrected chi connectivity index (χ3v) is 5.85. The summed E-state index contributed by atoms with van der Waals surface area (Å²) in [7, 11) is -1.48. The number of aryl methyl sites for hydroxylation is 1. The fraction of sp³-hybridized carbons (Fsp3) is 0.500. The topological polar surface area (TPSA) is 62.4 Å². The van der Waals surface area contributed by atoms with Crippen LogP contribution in [0.3, 0.4) is 0 Å². The number of methoxy groups -OCH3 is 1. The summed E-state index contributed by atoms with van der Waals surface area (Å²) in [6, 6.07) is 6.01. The number of ether oxygens (including phenoxy) is 1. The summed E-state index contributed by atoms with van der Waals surface area (Å²) in [4.78, 5) is 3.38. The molecular formula is C16H22N2O3S. The zero-order valence-corrected chi connectivity index (χ0v) is 14.0. The van der Waals surface area contributed by atoms with Gasteiger partial charge in [0.25, 0.3) is 0 Å². The summed E-state index contributed by atoms with van der Waals surface area (Å²) in [5.41, 5.74) is 3.36. The van der Waals surface area contributed by atoms with E-state index in [1.54, 1.807) is 11.4 Å². The summed E-state index contributed by atoms with van der Waals surface area (Å²) in [5, 5.41) is 1.12. The number of fused-ring (bicyclic) bond motifs is 1. The molecule has 1 aliphatic heterocycles. The average Bonchev–Trinajstić information content (AvgIpc) is 3.04. The molecule has 1 atom stereocenters. The highest BCUT2D eigenvalue weighted by Crippen LogP contribution is 2.31. The van der Waals surface area contributed by atoms with Crippen LogP contribution in [0.2, 0.25) is 0 Å². The molecule has 5 nitrogen and oxygen atoms in total. The van der Waals surface area contributed by atoms with Gasteiger partial charge in [-0.05, 0) is 49.9 Å². The quantitative estimate of drug-likeness (QED) is 0.940. The molecule has 120 valence electrons. The summed E-state index contributed by atoms with van der Waals surface area (Å²) >= 11 is 0. The van der Waals surface area contributed by atoms with E-state index in [9.17, 15) is 8.42 Å². The molecule has 0 radical (unpaired) electrons. The molecule has 0 bridgehead atoms. The number of aromatic amines is 1. The molecule has 1 saturated heterocycles. The van der Waals surface area contributed by atoms with Gasteiger partial charge < -0.3 is 9.72 Å². The molecule has 1 aromatic heterocycles. The van der Waals surface area contributed by atoms with Crippen molar-refractivity contribution in [3.8, 4) is 5.75 Å². The number of nitrogens with zero attached hydrogens (tertiary/aromatic N) is 1. The Balaban J connectivity index is 1.98. The van der Waals surface area contributed by atoms with Crippen LogP contribution in [0, 0.1) is 6.92 Å². The van der Waals surface area contributed by atoms with Crippen molar-refractivity contribution in [1.82, 2.24) is 9.29 Å². The minimum absolute atomic E-state index is 0.0545. The van der Waals surface area contributed by atoms with E-state index in [1.165, 1.54) is 11.8 Å². The van der Waals surface area contributed by atoms with Gasteiger partial charge in [-0.1, -0.05) is 0 Å². The van der Waals surface area contributed by atoms with Crippen LogP contribution >= 0.6 is 0 Å². The van der Waals surface area contributed by atoms with Gasteiger partial charge in [0, 0.05) is 29.2 Å². The largest absolute Gasteiger partial charge is 0.497 e. The predicted molar refractivity (Wildman–Crippen MR) is 87.9 cm³/mol. The minimum Gasteiger partial charge on any atom is -0.497 e. The third kappa shape index (κ3) is 2.73. The zero-order chi connectivity index (χ0) is 15.9. The normalized spacial score (nSPS) is 19.9. The van der Waals surface area contributed by atoms with E-state index in [0.717, 1.165) is 41.6 Å². The SMILES string of the molecule is COc1ccc2[nH]c(C)c(CC3CCCN3S(C)(=O)=O)c2c1. The third-order valence-electron chi connectivity index (χ3n) is 4.52. The molecule has 2 heterocycles. The summed E-state index contributed by atoms with van der Waals surface area (Å²) < 4.78 is 30.8. The summed E-state index contributed by atoms with van der Waals surface area (Å²) in [6.07, 6.45) is 3.90. The van der Waals surface area contributed by atoms with E-state index in [-0.39, 0.29) is 6.04 Å². The molecule has 1 aliphatic rings. The fourth-order valence-corrected chi connectivity index (χ4v) is 4.62. The second-order valence-electron chi connectivity index (χ2n) is 6.01. The maximum absolute atomic E-state index is 11.9. The van der Waals surface area contributed by atoms with Gasteiger partial charge in [-0.3, -0.25) is 0 Å². The number of aromatic nitrogens is 1. The lowest BCUT2D eigenvalue weighted by atomic mass is 10.0. The highest BCUT2D eigenvalue weighted by atomic mass is 32.2. The van der Waals surface area contributed by atoms with Gasteiger partial charge in [-0.2, -0.15) is 4.31 Å². The lowest BCUT2D eigenvalue weighted by molar-refractivity contribution is 0.389. The first-order chi connectivity index (χ1) is 10.4. The zero-order valence-electron chi connectivity index (χ0n) is 13.2. The van der Waals surface area contributed by atoms with Gasteiger partial charge >= 0.3 is 0 Å². The van der Waals surface area contributed by atoms with Gasteiger partial charge in [-0.15, -0.1) is 0 Å². The van der Waals surface area contributed by atoms with Gasteiger partial charge in [-0.25, -0.2) is 8.42 Å². The molecule has 3 rings (SSSR count). The number of hydrogen-bond acceptors (Lipinski definition) is 3. The van der Waals surface area contributed by atoms with Crippen LogP contribution < -0.4 is 4.74 Å². The highest BCUT2D eigenvalue weighted by molar-refractivity contribution is 7.88. The maximum Gasteiger partial charge on any atom is 0.211 e. The number of hydrogen-bond donors (Lipinski definition) is 1. The number of rotatable bonds is 4. The standard InChI is InChI=1S/C16H22N2O3S/c1-11-14(9-12-5-4-8-18(12)22(3,19)20)15-10-13(21-2)6-7-16(15)17-11/h6-7,10,12,17H,4-5,8-9H2,1-3H3. The second kappa shape index (κ2) is 5.59. The number of nitrogens with one attached hydrogen (secondary N) is 1. The molecule has 22 heavy (non-hydrogen) atoms. The van der Waals surface area contributed by atoms with Gasteiger partial charge in [0.1, 0.15) is 5.75 Å². The van der Waals surface area contributed by atoms with Crippen molar-refractivity contribution < 1.29 is 13.2 Å². The Morgan fingerprint density at radius 3 is 2.86 bits per heavy atom. The predicted octanol–water partition coefficient (Wildman–Crippen LogP) is 2.45. The van der Waals surface area contributed by atoms with Gasteiger partial charge in [0.2, 0.25) is 10.0 Å². The Kier molecular flexibility index (Phi) is 3.91. The minimum atomic E-state index is -3.14. The molecular weight excluding hydrogens is 300 g/mol. The van der Waals surface area contributed by atoms with Crippen LogP contribution in [-0.4, -0.2) is 43.7 Å². The first-order valence-electron chi connectivity index (χ1n) is 7.52. The lowest BCUT2D eigenvalue weighted by Crippen LogP contribution is -2.36. The van der Waals surface area contributed by atoms with Crippen molar-refractivity contribution in [1.29, 1.82) is 0 Å². The van der Waals surface area contributed by atoms with Crippen molar-refractivity contribution in [3.63, 3.8) is 0 Å². The molecule has 1 aromatic carbocycles. The van der Waals surface area contributed by atoms with Crippen LogP contribution in [0.15, 0.2) is 18.2 Å². The molecule has 0 spiro atoms. The Hall–Kier alpha value is -1.53. The molecule has 1 N–H and O–H groups in total. The van der Waals surface area contributed by atoms with Crippen molar-refractivity contribution in [3.05, 3.63) is 29.5 Å². The van der Waals surface area contributed by atoms with Crippen LogP contribution in [0.4, 0.5) is 0 Å². The molecule has 1 fully saturated rings.